The van der Waals surface area contributed by atoms with Crippen LogP contribution in [0.15, 0.2) is 48.5 Å². The van der Waals surface area contributed by atoms with Crippen molar-refractivity contribution in [1.82, 2.24) is 5.32 Å². The van der Waals surface area contributed by atoms with Gasteiger partial charge in [-0.05, 0) is 42.0 Å². The molecule has 0 saturated carbocycles. The highest BCUT2D eigenvalue weighted by Gasteiger charge is 2.34. The summed E-state index contributed by atoms with van der Waals surface area (Å²) in [5.74, 6) is -3.82. The van der Waals surface area contributed by atoms with Crippen molar-refractivity contribution < 1.29 is 33.4 Å². The van der Waals surface area contributed by atoms with Crippen LogP contribution in [-0.4, -0.2) is 47.7 Å². The molecule has 3 rings (SSSR count). The molecule has 180 valence electrons. The van der Waals surface area contributed by atoms with Crippen molar-refractivity contribution in [2.45, 2.75) is 45.3 Å². The van der Waals surface area contributed by atoms with Crippen LogP contribution < -0.4 is 10.2 Å². The molecule has 2 aromatic carbocycles. The summed E-state index contributed by atoms with van der Waals surface area (Å²) in [6.07, 6.45) is -1.47. The van der Waals surface area contributed by atoms with Gasteiger partial charge in [0.2, 0.25) is 0 Å². The third kappa shape index (κ3) is 5.59. The first-order valence-electron chi connectivity index (χ1n) is 11.0. The molecule has 9 heteroatoms. The molecule has 0 aromatic heterocycles. The highest BCUT2D eigenvalue weighted by Crippen LogP contribution is 2.36. The lowest BCUT2D eigenvalue weighted by Crippen LogP contribution is -2.50. The molecule has 2 N–H and O–H groups in total. The van der Waals surface area contributed by atoms with E-state index in [2.05, 4.69) is 5.32 Å². The fourth-order valence-electron chi connectivity index (χ4n) is 3.90. The largest absolute Gasteiger partial charge is 0.481 e. The number of alkyl halides is 1. The number of ketones is 1. The minimum absolute atomic E-state index is 0.507. The van der Waals surface area contributed by atoms with E-state index in [1.807, 2.05) is 24.3 Å². The van der Waals surface area contributed by atoms with E-state index < -0.39 is 54.9 Å². The van der Waals surface area contributed by atoms with E-state index in [1.165, 1.54) is 4.90 Å². The number of nitrogens with one attached hydrogen (secondary N) is 1. The number of aliphatic carboxylic acids is 1. The first-order valence-corrected chi connectivity index (χ1v) is 11.0. The first-order chi connectivity index (χ1) is 16.2. The van der Waals surface area contributed by atoms with Gasteiger partial charge in [0, 0.05) is 0 Å². The van der Waals surface area contributed by atoms with Crippen molar-refractivity contribution >= 4 is 35.1 Å². The number of carboxylic acids is 1. The van der Waals surface area contributed by atoms with E-state index in [-0.39, 0.29) is 0 Å². The zero-order chi connectivity index (χ0) is 24.8. The number of carbonyl (C=O) groups is 4. The zero-order valence-electron chi connectivity index (χ0n) is 19.0. The molecule has 0 fully saturated rings. The predicted octanol–water partition coefficient (Wildman–Crippen LogP) is 3.58. The third-order valence-electron chi connectivity index (χ3n) is 5.62. The Labute approximate surface area is 196 Å². The lowest BCUT2D eigenvalue weighted by molar-refractivity contribution is -0.141. The molecule has 8 nitrogen and oxygen atoms in total. The van der Waals surface area contributed by atoms with Crippen molar-refractivity contribution in [2.24, 2.45) is 5.92 Å². The predicted molar refractivity (Wildman–Crippen MR) is 123 cm³/mol. The van der Waals surface area contributed by atoms with Crippen LogP contribution in [0, 0.1) is 5.92 Å². The Morgan fingerprint density at radius 3 is 2.00 bits per heavy atom. The molecule has 1 aliphatic heterocycles. The minimum atomic E-state index is -1.56. The van der Waals surface area contributed by atoms with Crippen molar-refractivity contribution in [3.8, 4) is 0 Å². The van der Waals surface area contributed by atoms with Gasteiger partial charge in [0.1, 0.15) is 12.7 Å². The van der Waals surface area contributed by atoms with Gasteiger partial charge in [0.15, 0.2) is 11.9 Å². The number of anilines is 2. The number of carbonyl (C=O) groups excluding carboxylic acids is 3. The third-order valence-corrected chi connectivity index (χ3v) is 5.62. The normalized spacial score (nSPS) is 14.3. The molecule has 0 radical (unpaired) electrons. The van der Waals surface area contributed by atoms with Gasteiger partial charge >= 0.3 is 12.1 Å². The first kappa shape index (κ1) is 24.9. The molecular weight excluding hydrogens is 443 g/mol. The second-order valence-electron chi connectivity index (χ2n) is 8.40. The van der Waals surface area contributed by atoms with Gasteiger partial charge in [-0.3, -0.25) is 14.4 Å². The maximum Gasteiger partial charge on any atom is 0.419 e. The van der Waals surface area contributed by atoms with Crippen LogP contribution in [0.5, 0.6) is 0 Å². The summed E-state index contributed by atoms with van der Waals surface area (Å²) < 4.78 is 18.5. The fraction of sp³-hybridized carbons (Fsp3) is 0.360. The van der Waals surface area contributed by atoms with Crippen LogP contribution >= 0.6 is 0 Å². The van der Waals surface area contributed by atoms with E-state index in [4.69, 9.17) is 9.84 Å². The molecule has 34 heavy (non-hydrogen) atoms. The van der Waals surface area contributed by atoms with Gasteiger partial charge in [0.25, 0.3) is 5.91 Å². The lowest BCUT2D eigenvalue weighted by Gasteiger charge is -2.28. The summed E-state index contributed by atoms with van der Waals surface area (Å²) in [6, 6.07) is 13.3. The standard InChI is InChI=1S/C25H27FN2O6/c1-15(2)23(24(32)27-18(13-22(30)31)21(29)14-26)34-25(33)28-19-9-5-3-7-16(19)11-12-17-8-4-6-10-20(17)28/h3-10,15,18,23H,11-14H2,1-2H3,(H,27,32)(H,30,31)/t18?,23-/m0/s1. The Balaban J connectivity index is 1.89. The van der Waals surface area contributed by atoms with Crippen LogP contribution in [-0.2, 0) is 32.0 Å². The van der Waals surface area contributed by atoms with Crippen LogP contribution in [0.2, 0.25) is 0 Å². The molecule has 0 aliphatic carbocycles. The Morgan fingerprint density at radius 1 is 1.00 bits per heavy atom. The molecule has 0 bridgehead atoms. The zero-order valence-corrected chi connectivity index (χ0v) is 19.0. The van der Waals surface area contributed by atoms with Gasteiger partial charge in [-0.2, -0.15) is 0 Å². The van der Waals surface area contributed by atoms with E-state index >= 15 is 0 Å². The molecule has 1 aliphatic rings. The van der Waals surface area contributed by atoms with Crippen molar-refractivity contribution in [3.05, 3.63) is 59.7 Å². The van der Waals surface area contributed by atoms with Gasteiger partial charge in [0.05, 0.1) is 17.8 Å². The molecule has 1 heterocycles. The van der Waals surface area contributed by atoms with Gasteiger partial charge in [-0.15, -0.1) is 0 Å². The van der Waals surface area contributed by atoms with Crippen LogP contribution in [0.25, 0.3) is 0 Å². The number of hydrogen-bond donors (Lipinski definition) is 2. The maximum absolute atomic E-state index is 13.5. The number of amides is 2. The molecule has 1 unspecified atom stereocenters. The maximum atomic E-state index is 13.5. The SMILES string of the molecule is CC(C)[C@H](OC(=O)N1c2ccccc2CCc2ccccc21)C(=O)NC(CC(=O)O)C(=O)CF. The molecule has 2 aromatic rings. The Kier molecular flexibility index (Phi) is 7.99. The number of benzene rings is 2. The van der Waals surface area contributed by atoms with E-state index in [0.717, 1.165) is 11.1 Å². The molecular formula is C25H27FN2O6. The molecule has 2 amide bonds. The summed E-state index contributed by atoms with van der Waals surface area (Å²) in [5.41, 5.74) is 3.15. The second-order valence-corrected chi connectivity index (χ2v) is 8.40. The quantitative estimate of drug-likeness (QED) is 0.610. The van der Waals surface area contributed by atoms with Crippen molar-refractivity contribution in [3.63, 3.8) is 0 Å². The van der Waals surface area contributed by atoms with Crippen molar-refractivity contribution in [1.29, 1.82) is 0 Å². The summed E-state index contributed by atoms with van der Waals surface area (Å²) in [6.45, 7) is 1.86. The molecule has 0 saturated heterocycles. The number of nitrogens with zero attached hydrogens (tertiary/aromatic N) is 1. The summed E-state index contributed by atoms with van der Waals surface area (Å²) in [4.78, 5) is 50.6. The van der Waals surface area contributed by atoms with Gasteiger partial charge < -0.3 is 15.2 Å². The summed E-state index contributed by atoms with van der Waals surface area (Å²) >= 11 is 0. The lowest BCUT2D eigenvalue weighted by atomic mass is 10.0. The summed E-state index contributed by atoms with van der Waals surface area (Å²) in [7, 11) is 0. The number of ether oxygens (including phenoxy) is 1. The summed E-state index contributed by atoms with van der Waals surface area (Å²) in [5, 5.41) is 11.2. The minimum Gasteiger partial charge on any atom is -0.481 e. The fourth-order valence-corrected chi connectivity index (χ4v) is 3.90. The van der Waals surface area contributed by atoms with Gasteiger partial charge in [-0.25, -0.2) is 14.1 Å². The number of aryl methyl sites for hydroxylation is 2. The highest BCUT2D eigenvalue weighted by atomic mass is 19.1. The van der Waals surface area contributed by atoms with Gasteiger partial charge in [-0.1, -0.05) is 50.2 Å². The van der Waals surface area contributed by atoms with Crippen molar-refractivity contribution in [2.75, 3.05) is 11.6 Å². The number of fused-ring (bicyclic) bond motifs is 2. The number of carboxylic acid groups (broad SMARTS) is 1. The molecule has 2 atom stereocenters. The second kappa shape index (κ2) is 10.9. The van der Waals surface area contributed by atoms with Crippen LogP contribution in [0.1, 0.15) is 31.4 Å². The highest BCUT2D eigenvalue weighted by molar-refractivity contribution is 6.00. The number of rotatable bonds is 8. The average molecular weight is 470 g/mol. The number of halogens is 1. The Bertz CT molecular complexity index is 1040. The molecule has 0 spiro atoms. The van der Waals surface area contributed by atoms with E-state index in [1.54, 1.807) is 38.1 Å². The van der Waals surface area contributed by atoms with E-state index in [9.17, 15) is 23.6 Å². The Morgan fingerprint density at radius 2 is 1.53 bits per heavy atom. The topological polar surface area (TPSA) is 113 Å². The van der Waals surface area contributed by atoms with Crippen LogP contribution in [0.3, 0.4) is 0 Å². The Hall–Kier alpha value is -3.75. The number of Topliss-reactive ketones (excluding diaryl/α,β-unsaturated/α-hetero) is 1. The van der Waals surface area contributed by atoms with Crippen LogP contribution in [0.4, 0.5) is 20.6 Å². The number of para-hydroxylation sites is 2. The van der Waals surface area contributed by atoms with E-state index in [0.29, 0.717) is 24.2 Å². The smallest absolute Gasteiger partial charge is 0.419 e. The average Bonchev–Trinajstić information content (AvgIpc) is 2.97. The number of hydrogen-bond acceptors (Lipinski definition) is 5. The monoisotopic (exact) mass is 470 g/mol.